The van der Waals surface area contributed by atoms with Crippen molar-refractivity contribution in [2.45, 2.75) is 13.5 Å². The Hall–Kier alpha value is -1.80. The quantitative estimate of drug-likeness (QED) is 0.725. The molecule has 6 nitrogen and oxygen atoms in total. The Balaban J connectivity index is 2.17. The van der Waals surface area contributed by atoms with E-state index in [1.165, 1.54) is 15.9 Å². The number of aromatic amines is 1. The van der Waals surface area contributed by atoms with Crippen LogP contribution in [0.2, 0.25) is 0 Å². The highest BCUT2D eigenvalue weighted by Crippen LogP contribution is 2.14. The second-order valence-corrected chi connectivity index (χ2v) is 5.02. The topological polar surface area (TPSA) is 76.7 Å². The van der Waals surface area contributed by atoms with E-state index in [2.05, 4.69) is 15.1 Å². The molecule has 3 rings (SSSR count). The lowest BCUT2D eigenvalue weighted by atomic mass is 10.4. The highest BCUT2D eigenvalue weighted by molar-refractivity contribution is 7.71. The second-order valence-electron chi connectivity index (χ2n) is 3.72. The molecule has 0 unspecified atom stereocenters. The van der Waals surface area contributed by atoms with E-state index in [1.807, 2.05) is 5.38 Å². The summed E-state index contributed by atoms with van der Waals surface area (Å²) in [4.78, 5) is 20.1. The van der Waals surface area contributed by atoms with E-state index in [0.29, 0.717) is 21.9 Å². The first-order valence-corrected chi connectivity index (χ1v) is 6.43. The van der Waals surface area contributed by atoms with Gasteiger partial charge in [0.15, 0.2) is 10.6 Å². The average molecular weight is 280 g/mol. The van der Waals surface area contributed by atoms with Gasteiger partial charge in [0.05, 0.1) is 5.39 Å². The number of H-pyrrole nitrogens is 1. The molecule has 0 amide bonds. The first kappa shape index (κ1) is 11.3. The minimum Gasteiger partial charge on any atom is -0.337 e. The number of nitrogens with zero attached hydrogens (tertiary/aromatic N) is 3. The molecule has 0 aliphatic rings. The molecular weight excluding hydrogens is 272 g/mol. The van der Waals surface area contributed by atoms with Crippen molar-refractivity contribution < 1.29 is 4.52 Å². The molecule has 92 valence electrons. The van der Waals surface area contributed by atoms with Crippen molar-refractivity contribution in [2.24, 2.45) is 0 Å². The predicted molar refractivity (Wildman–Crippen MR) is 69.4 cm³/mol. The van der Waals surface area contributed by atoms with Gasteiger partial charge in [0.1, 0.15) is 11.4 Å². The molecule has 0 fully saturated rings. The lowest BCUT2D eigenvalue weighted by Crippen LogP contribution is -2.22. The van der Waals surface area contributed by atoms with Crippen LogP contribution in [-0.2, 0) is 6.54 Å². The van der Waals surface area contributed by atoms with Gasteiger partial charge in [-0.1, -0.05) is 5.16 Å². The van der Waals surface area contributed by atoms with Crippen LogP contribution < -0.4 is 5.56 Å². The fraction of sp³-hybridized carbons (Fsp3) is 0.200. The first-order valence-electron chi connectivity index (χ1n) is 5.14. The van der Waals surface area contributed by atoms with E-state index in [0.717, 1.165) is 4.83 Å². The number of hydrogen-bond acceptors (Lipinski definition) is 6. The van der Waals surface area contributed by atoms with Crippen LogP contribution in [-0.4, -0.2) is 19.7 Å². The Kier molecular flexibility index (Phi) is 2.60. The smallest absolute Gasteiger partial charge is 0.263 e. The fourth-order valence-electron chi connectivity index (χ4n) is 1.66. The summed E-state index contributed by atoms with van der Waals surface area (Å²) < 4.78 is 6.76. The van der Waals surface area contributed by atoms with Gasteiger partial charge in [0, 0.05) is 0 Å². The van der Waals surface area contributed by atoms with Crippen molar-refractivity contribution >= 4 is 33.8 Å². The first-order chi connectivity index (χ1) is 8.65. The van der Waals surface area contributed by atoms with Crippen LogP contribution in [0.1, 0.15) is 11.7 Å². The van der Waals surface area contributed by atoms with Crippen LogP contribution in [0, 0.1) is 11.7 Å². The molecule has 8 heteroatoms. The largest absolute Gasteiger partial charge is 0.337 e. The summed E-state index contributed by atoms with van der Waals surface area (Å²) >= 11 is 6.61. The van der Waals surface area contributed by atoms with Gasteiger partial charge in [-0.15, -0.1) is 11.3 Å². The van der Waals surface area contributed by atoms with Crippen molar-refractivity contribution in [1.29, 1.82) is 0 Å². The van der Waals surface area contributed by atoms with Gasteiger partial charge in [-0.3, -0.25) is 9.36 Å². The van der Waals surface area contributed by atoms with Crippen molar-refractivity contribution in [3.05, 3.63) is 38.3 Å². The van der Waals surface area contributed by atoms with Crippen LogP contribution in [0.15, 0.2) is 20.8 Å². The van der Waals surface area contributed by atoms with Crippen LogP contribution in [0.3, 0.4) is 0 Å². The summed E-state index contributed by atoms with van der Waals surface area (Å²) in [6, 6.07) is 1.77. The van der Waals surface area contributed by atoms with Gasteiger partial charge in [0.2, 0.25) is 5.89 Å². The molecule has 18 heavy (non-hydrogen) atoms. The molecular formula is C10H8N4O2S2. The number of hydrogen-bond donors (Lipinski definition) is 1. The third kappa shape index (κ3) is 1.79. The monoisotopic (exact) mass is 280 g/mol. The van der Waals surface area contributed by atoms with Crippen molar-refractivity contribution in [2.75, 3.05) is 0 Å². The SMILES string of the molecule is Cc1noc(Cn2c(=S)[nH]c3sccc3c2=O)n1. The standard InChI is InChI=1S/C10H8N4O2S2/c1-5-11-7(16-13-5)4-14-9(15)6-2-3-18-8(6)12-10(14)17/h2-3H,4H2,1H3,(H,12,17). The lowest BCUT2D eigenvalue weighted by molar-refractivity contribution is 0.365. The molecule has 1 N–H and O–H groups in total. The lowest BCUT2D eigenvalue weighted by Gasteiger charge is -2.02. The summed E-state index contributed by atoms with van der Waals surface area (Å²) in [5, 5.41) is 6.14. The zero-order chi connectivity index (χ0) is 12.7. The second kappa shape index (κ2) is 4.14. The van der Waals surface area contributed by atoms with E-state index in [4.69, 9.17) is 16.7 Å². The van der Waals surface area contributed by atoms with Crippen LogP contribution in [0.25, 0.3) is 10.2 Å². The molecule has 0 aliphatic carbocycles. The summed E-state index contributed by atoms with van der Waals surface area (Å²) in [7, 11) is 0. The molecule has 0 aliphatic heterocycles. The summed E-state index contributed by atoms with van der Waals surface area (Å²) in [5.74, 6) is 0.897. The fourth-order valence-corrected chi connectivity index (χ4v) is 2.75. The summed E-state index contributed by atoms with van der Waals surface area (Å²) in [5.41, 5.74) is -0.147. The number of aromatic nitrogens is 4. The Morgan fingerprint density at radius 1 is 1.61 bits per heavy atom. The van der Waals surface area contributed by atoms with E-state index in [-0.39, 0.29) is 12.1 Å². The van der Waals surface area contributed by atoms with Crippen molar-refractivity contribution in [3.8, 4) is 0 Å². The Morgan fingerprint density at radius 2 is 2.44 bits per heavy atom. The third-order valence-electron chi connectivity index (χ3n) is 2.47. The molecule has 0 saturated heterocycles. The molecule has 0 spiro atoms. The third-order valence-corrected chi connectivity index (χ3v) is 3.62. The normalized spacial score (nSPS) is 11.2. The van der Waals surface area contributed by atoms with Gasteiger partial charge in [-0.25, -0.2) is 0 Å². The van der Waals surface area contributed by atoms with E-state index in [9.17, 15) is 4.79 Å². The van der Waals surface area contributed by atoms with Gasteiger partial charge < -0.3 is 9.51 Å². The maximum Gasteiger partial charge on any atom is 0.263 e. The minimum absolute atomic E-state index is 0.147. The van der Waals surface area contributed by atoms with Crippen molar-refractivity contribution in [1.82, 2.24) is 19.7 Å². The van der Waals surface area contributed by atoms with Crippen LogP contribution in [0.5, 0.6) is 0 Å². The number of aryl methyl sites for hydroxylation is 1. The Morgan fingerprint density at radius 3 is 3.17 bits per heavy atom. The predicted octanol–water partition coefficient (Wildman–Crippen LogP) is 1.86. The molecule has 0 bridgehead atoms. The number of thiophene rings is 1. The molecule has 0 radical (unpaired) electrons. The minimum atomic E-state index is -0.147. The maximum atomic E-state index is 12.2. The van der Waals surface area contributed by atoms with Crippen molar-refractivity contribution in [3.63, 3.8) is 0 Å². The zero-order valence-corrected chi connectivity index (χ0v) is 11.0. The highest BCUT2D eigenvalue weighted by atomic mass is 32.1. The number of fused-ring (bicyclic) bond motifs is 1. The van der Waals surface area contributed by atoms with Gasteiger partial charge >= 0.3 is 0 Å². The van der Waals surface area contributed by atoms with E-state index in [1.54, 1.807) is 13.0 Å². The number of nitrogens with one attached hydrogen (secondary N) is 1. The number of rotatable bonds is 2. The average Bonchev–Trinajstić information content (AvgIpc) is 2.93. The van der Waals surface area contributed by atoms with Gasteiger partial charge in [-0.05, 0) is 30.6 Å². The molecule has 0 saturated carbocycles. The molecule has 0 aromatic carbocycles. The molecule has 3 aromatic rings. The molecule has 3 aromatic heterocycles. The molecule has 0 atom stereocenters. The Bertz CT molecular complexity index is 826. The van der Waals surface area contributed by atoms with Gasteiger partial charge in [0.25, 0.3) is 5.56 Å². The molecule has 3 heterocycles. The van der Waals surface area contributed by atoms with Crippen LogP contribution in [0.4, 0.5) is 0 Å². The highest BCUT2D eigenvalue weighted by Gasteiger charge is 2.10. The van der Waals surface area contributed by atoms with Gasteiger partial charge in [-0.2, -0.15) is 4.98 Å². The summed E-state index contributed by atoms with van der Waals surface area (Å²) in [6.07, 6.45) is 0. The maximum absolute atomic E-state index is 12.2. The van der Waals surface area contributed by atoms with E-state index < -0.39 is 0 Å². The van der Waals surface area contributed by atoms with Crippen LogP contribution >= 0.6 is 23.6 Å². The Labute approximate surface area is 110 Å². The summed E-state index contributed by atoms with van der Waals surface area (Å²) in [6.45, 7) is 1.90. The zero-order valence-electron chi connectivity index (χ0n) is 9.34. The van der Waals surface area contributed by atoms with E-state index >= 15 is 0 Å².